The second-order valence-electron chi connectivity index (χ2n) is 9.59. The van der Waals surface area contributed by atoms with Crippen molar-refractivity contribution in [3.63, 3.8) is 0 Å². The van der Waals surface area contributed by atoms with Crippen LogP contribution in [0.3, 0.4) is 0 Å². The van der Waals surface area contributed by atoms with Gasteiger partial charge in [0.2, 0.25) is 5.76 Å². The van der Waals surface area contributed by atoms with E-state index < -0.39 is 17.8 Å². The molecule has 0 saturated heterocycles. The van der Waals surface area contributed by atoms with Crippen molar-refractivity contribution in [1.82, 2.24) is 0 Å². The summed E-state index contributed by atoms with van der Waals surface area (Å²) in [6.07, 6.45) is 5.83. The second-order valence-corrected chi connectivity index (χ2v) is 9.59. The SMILES string of the molecule is C=C1/C(=C\C2=C(C)C(c3ccc(C)cc3)C(C)=C2)[O+]=C2OC(C)=C(C(=O)OCC)C(c3ccco3)C12. The van der Waals surface area contributed by atoms with Gasteiger partial charge < -0.3 is 9.15 Å². The van der Waals surface area contributed by atoms with Gasteiger partial charge in [0.05, 0.1) is 18.8 Å². The molecule has 3 unspecified atom stereocenters. The molecule has 1 aromatic heterocycles. The molecule has 0 fully saturated rings. The highest BCUT2D eigenvalue weighted by Gasteiger charge is 2.56. The first-order valence-corrected chi connectivity index (χ1v) is 12.3. The van der Waals surface area contributed by atoms with Crippen molar-refractivity contribution in [2.45, 2.75) is 46.5 Å². The molecule has 0 radical (unpaired) electrons. The zero-order valence-electron chi connectivity index (χ0n) is 21.4. The lowest BCUT2D eigenvalue weighted by atomic mass is 9.78. The van der Waals surface area contributed by atoms with Gasteiger partial charge in [-0.05, 0) is 51.0 Å². The lowest BCUT2D eigenvalue weighted by Crippen LogP contribution is -2.33. The first-order chi connectivity index (χ1) is 17.3. The van der Waals surface area contributed by atoms with Gasteiger partial charge in [0, 0.05) is 24.5 Å². The van der Waals surface area contributed by atoms with Crippen LogP contribution in [-0.4, -0.2) is 18.5 Å². The molecule has 5 rings (SSSR count). The Hall–Kier alpha value is -3.86. The Morgan fingerprint density at radius 3 is 2.53 bits per heavy atom. The molecule has 0 bridgehead atoms. The maximum atomic E-state index is 12.9. The van der Waals surface area contributed by atoms with E-state index in [0.717, 1.165) is 11.1 Å². The maximum Gasteiger partial charge on any atom is 0.506 e. The molecule has 184 valence electrons. The molecule has 3 aliphatic rings. The number of carbonyl (C=O) groups is 1. The summed E-state index contributed by atoms with van der Waals surface area (Å²) >= 11 is 0. The van der Waals surface area contributed by atoms with Crippen LogP contribution in [0, 0.1) is 12.8 Å². The minimum absolute atomic E-state index is 0.230. The molecule has 2 aliphatic heterocycles. The van der Waals surface area contributed by atoms with Crippen LogP contribution in [0.1, 0.15) is 56.4 Å². The maximum absolute atomic E-state index is 12.9. The molecule has 0 spiro atoms. The van der Waals surface area contributed by atoms with E-state index in [1.165, 1.54) is 22.3 Å². The van der Waals surface area contributed by atoms with Gasteiger partial charge in [0.15, 0.2) is 5.92 Å². The summed E-state index contributed by atoms with van der Waals surface area (Å²) in [6, 6.07) is 12.4. The molecule has 0 amide bonds. The molecular formula is C31H31O5+. The van der Waals surface area contributed by atoms with E-state index >= 15 is 0 Å². The van der Waals surface area contributed by atoms with E-state index in [2.05, 4.69) is 57.7 Å². The Kier molecular flexibility index (Phi) is 6.17. The number of allylic oxidation sites excluding steroid dienone is 7. The van der Waals surface area contributed by atoms with Crippen LogP contribution in [0.25, 0.3) is 0 Å². The third kappa shape index (κ3) is 3.98. The third-order valence-corrected chi connectivity index (χ3v) is 7.20. The number of carbonyl (C=O) groups excluding carboxylic acids is 2. The smallest absolute Gasteiger partial charge is 0.469 e. The number of ether oxygens (including phenoxy) is 2. The predicted molar refractivity (Wildman–Crippen MR) is 138 cm³/mol. The number of rotatable bonds is 5. The molecule has 3 heterocycles. The number of aryl methyl sites for hydroxylation is 1. The molecule has 3 atom stereocenters. The van der Waals surface area contributed by atoms with E-state index in [9.17, 15) is 4.79 Å². The first kappa shape index (κ1) is 23.9. The molecule has 36 heavy (non-hydrogen) atoms. The summed E-state index contributed by atoms with van der Waals surface area (Å²) in [6.45, 7) is 14.6. The number of fused-ring (bicyclic) bond motifs is 1. The van der Waals surface area contributed by atoms with Crippen LogP contribution in [0.15, 0.2) is 105 Å². The molecule has 5 heteroatoms. The Labute approximate surface area is 211 Å². The predicted octanol–water partition coefficient (Wildman–Crippen LogP) is 6.73. The Morgan fingerprint density at radius 1 is 1.11 bits per heavy atom. The standard InChI is InChI=1S/C31H31O5/c1-7-33-30(32)28-21(6)35-31-27(29(28)24-9-8-14-34-24)20(5)25(36-31)16-23-15-18(3)26(19(23)4)22-12-10-17(2)11-13-22/h8-16,26-27,29H,5,7H2,1-4,6H3/q+1/b25-16+. The number of esters is 2. The van der Waals surface area contributed by atoms with Crippen molar-refractivity contribution in [2.75, 3.05) is 6.61 Å². The fourth-order valence-electron chi connectivity index (χ4n) is 5.44. The lowest BCUT2D eigenvalue weighted by Gasteiger charge is -2.24. The van der Waals surface area contributed by atoms with Crippen molar-refractivity contribution >= 4 is 11.9 Å². The van der Waals surface area contributed by atoms with Gasteiger partial charge in [-0.1, -0.05) is 53.6 Å². The Bertz CT molecular complexity index is 1380. The summed E-state index contributed by atoms with van der Waals surface area (Å²) in [5.41, 5.74) is 7.32. The lowest BCUT2D eigenvalue weighted by molar-refractivity contribution is -0.398. The van der Waals surface area contributed by atoms with Crippen LogP contribution in [0.4, 0.5) is 0 Å². The summed E-state index contributed by atoms with van der Waals surface area (Å²) in [7, 11) is 0. The third-order valence-electron chi connectivity index (χ3n) is 7.20. The normalized spacial score (nSPS) is 24.6. The molecule has 2 aromatic rings. The van der Waals surface area contributed by atoms with E-state index in [4.69, 9.17) is 18.3 Å². The van der Waals surface area contributed by atoms with E-state index in [1.54, 1.807) is 20.1 Å². The van der Waals surface area contributed by atoms with Gasteiger partial charge in [-0.2, -0.15) is 0 Å². The summed E-state index contributed by atoms with van der Waals surface area (Å²) in [5, 5.41) is 0. The Balaban J connectivity index is 1.52. The van der Waals surface area contributed by atoms with Crippen LogP contribution < -0.4 is 0 Å². The quantitative estimate of drug-likeness (QED) is 0.349. The summed E-state index contributed by atoms with van der Waals surface area (Å²) < 4.78 is 23.4. The minimum atomic E-state index is -0.447. The zero-order valence-corrected chi connectivity index (χ0v) is 21.4. The van der Waals surface area contributed by atoms with Gasteiger partial charge in [-0.25, -0.2) is 4.79 Å². The van der Waals surface area contributed by atoms with Crippen molar-refractivity contribution in [3.8, 4) is 0 Å². The van der Waals surface area contributed by atoms with Crippen LogP contribution in [0.5, 0.6) is 0 Å². The molecule has 0 saturated carbocycles. The molecule has 1 aromatic carbocycles. The van der Waals surface area contributed by atoms with Crippen molar-refractivity contribution < 1.29 is 23.1 Å². The van der Waals surface area contributed by atoms with Gasteiger partial charge >= 0.3 is 11.9 Å². The molecular weight excluding hydrogens is 452 g/mol. The number of furan rings is 1. The van der Waals surface area contributed by atoms with E-state index in [0.29, 0.717) is 28.8 Å². The summed E-state index contributed by atoms with van der Waals surface area (Å²) in [4.78, 5) is 12.9. The van der Waals surface area contributed by atoms with E-state index in [1.807, 2.05) is 18.2 Å². The highest BCUT2D eigenvalue weighted by molar-refractivity contribution is 5.96. The van der Waals surface area contributed by atoms with Crippen molar-refractivity contribution in [1.29, 1.82) is 0 Å². The molecule has 1 aliphatic carbocycles. The van der Waals surface area contributed by atoms with Crippen molar-refractivity contribution in [3.05, 3.63) is 118 Å². The number of hydrogen-bond donors (Lipinski definition) is 0. The van der Waals surface area contributed by atoms with Crippen LogP contribution >= 0.6 is 0 Å². The van der Waals surface area contributed by atoms with Crippen molar-refractivity contribution in [2.24, 2.45) is 5.92 Å². The minimum Gasteiger partial charge on any atom is -0.469 e. The van der Waals surface area contributed by atoms with E-state index in [-0.39, 0.29) is 12.5 Å². The number of benzene rings is 1. The first-order valence-electron chi connectivity index (χ1n) is 12.3. The monoisotopic (exact) mass is 483 g/mol. The highest BCUT2D eigenvalue weighted by Crippen LogP contribution is 2.48. The highest BCUT2D eigenvalue weighted by atomic mass is 16.6. The van der Waals surface area contributed by atoms with Gasteiger partial charge in [0.25, 0.3) is 5.76 Å². The molecule has 5 nitrogen and oxygen atoms in total. The number of hydrogen-bond acceptors (Lipinski definition) is 4. The molecule has 0 N–H and O–H groups in total. The second kappa shape index (κ2) is 9.30. The van der Waals surface area contributed by atoms with Crippen LogP contribution in [0.2, 0.25) is 0 Å². The van der Waals surface area contributed by atoms with Gasteiger partial charge in [-0.3, -0.25) is 9.16 Å². The zero-order chi connectivity index (χ0) is 25.6. The summed E-state index contributed by atoms with van der Waals surface area (Å²) in [5.74, 6) is 1.09. The largest absolute Gasteiger partial charge is 0.506 e. The van der Waals surface area contributed by atoms with Gasteiger partial charge in [-0.15, -0.1) is 0 Å². The topological polar surface area (TPSA) is 60.0 Å². The fourth-order valence-corrected chi connectivity index (χ4v) is 5.44. The average molecular weight is 484 g/mol. The fraction of sp³-hybridized carbons (Fsp3) is 0.290. The Morgan fingerprint density at radius 2 is 1.86 bits per heavy atom. The van der Waals surface area contributed by atoms with Crippen LogP contribution in [-0.2, 0) is 18.7 Å². The van der Waals surface area contributed by atoms with Gasteiger partial charge in [0.1, 0.15) is 11.3 Å². The average Bonchev–Trinajstić information content (AvgIpc) is 3.54.